The van der Waals surface area contributed by atoms with Crippen molar-refractivity contribution < 1.29 is 17.0 Å². The van der Waals surface area contributed by atoms with Crippen LogP contribution in [-0.2, 0) is 16.8 Å². The summed E-state index contributed by atoms with van der Waals surface area (Å²) in [6.07, 6.45) is 0. The first-order valence-electron chi connectivity index (χ1n) is 6.65. The highest BCUT2D eigenvalue weighted by atomic mass is 32.2. The summed E-state index contributed by atoms with van der Waals surface area (Å²) in [6, 6.07) is 9.92. The van der Waals surface area contributed by atoms with Crippen molar-refractivity contribution in [3.05, 3.63) is 47.8 Å². The Morgan fingerprint density at radius 1 is 1.18 bits per heavy atom. The number of hydrogen-bond donors (Lipinski definition) is 1. The van der Waals surface area contributed by atoms with Gasteiger partial charge in [0.2, 0.25) is 0 Å². The molecule has 0 unspecified atom stereocenters. The standard InChI is InChI=1S/C15H15FN2O3S/c1-18(2)13-5-3-10(4-6-13)14-8-12(16)7-11-9-17-22(19,20)21-15(11)14/h3-8,17H,9H2,1-2H3. The fraction of sp³-hybridized carbons (Fsp3) is 0.200. The van der Waals surface area contributed by atoms with Gasteiger partial charge in [-0.1, -0.05) is 12.1 Å². The van der Waals surface area contributed by atoms with Crippen LogP contribution in [0.4, 0.5) is 10.1 Å². The van der Waals surface area contributed by atoms with E-state index in [0.717, 1.165) is 5.69 Å². The summed E-state index contributed by atoms with van der Waals surface area (Å²) < 4.78 is 44.2. The number of hydrogen-bond acceptors (Lipinski definition) is 4. The van der Waals surface area contributed by atoms with E-state index in [0.29, 0.717) is 16.7 Å². The molecule has 0 saturated heterocycles. The first-order chi connectivity index (χ1) is 10.4. The molecule has 116 valence electrons. The maximum absolute atomic E-state index is 13.8. The molecule has 0 fully saturated rings. The molecule has 7 heteroatoms. The molecule has 0 spiro atoms. The van der Waals surface area contributed by atoms with Gasteiger partial charge in [-0.2, -0.15) is 13.1 Å². The summed E-state index contributed by atoms with van der Waals surface area (Å²) in [4.78, 5) is 1.94. The Morgan fingerprint density at radius 3 is 2.50 bits per heavy atom. The number of fused-ring (bicyclic) bond motifs is 1. The Bertz CT molecular complexity index is 817. The van der Waals surface area contributed by atoms with Gasteiger partial charge in [-0.25, -0.2) is 4.39 Å². The van der Waals surface area contributed by atoms with Crippen LogP contribution in [0.5, 0.6) is 5.75 Å². The molecule has 3 rings (SSSR count). The van der Waals surface area contributed by atoms with Crippen LogP contribution in [0.3, 0.4) is 0 Å². The third kappa shape index (κ3) is 2.77. The SMILES string of the molecule is CN(C)c1ccc(-c2cc(F)cc3c2OS(=O)(=O)NC3)cc1. The monoisotopic (exact) mass is 322 g/mol. The van der Waals surface area contributed by atoms with Crippen LogP contribution in [0.15, 0.2) is 36.4 Å². The van der Waals surface area contributed by atoms with Gasteiger partial charge in [0, 0.05) is 37.5 Å². The van der Waals surface area contributed by atoms with Crippen molar-refractivity contribution in [3.8, 4) is 16.9 Å². The fourth-order valence-corrected chi connectivity index (χ4v) is 3.15. The zero-order valence-electron chi connectivity index (χ0n) is 12.1. The molecular weight excluding hydrogens is 307 g/mol. The van der Waals surface area contributed by atoms with Gasteiger partial charge >= 0.3 is 10.3 Å². The van der Waals surface area contributed by atoms with Gasteiger partial charge in [0.25, 0.3) is 0 Å². The lowest BCUT2D eigenvalue weighted by atomic mass is 10.0. The van der Waals surface area contributed by atoms with Crippen LogP contribution in [0.25, 0.3) is 11.1 Å². The van der Waals surface area contributed by atoms with E-state index in [1.54, 1.807) is 0 Å². The number of nitrogens with zero attached hydrogens (tertiary/aromatic N) is 1. The minimum atomic E-state index is -3.84. The Hall–Kier alpha value is -2.12. The molecule has 1 aliphatic heterocycles. The number of rotatable bonds is 2. The molecule has 0 radical (unpaired) electrons. The van der Waals surface area contributed by atoms with Crippen molar-refractivity contribution in [1.29, 1.82) is 0 Å². The molecular formula is C15H15FN2O3S. The second kappa shape index (κ2) is 5.26. The van der Waals surface area contributed by atoms with Crippen LogP contribution in [-0.4, -0.2) is 22.5 Å². The molecule has 5 nitrogen and oxygen atoms in total. The van der Waals surface area contributed by atoms with E-state index in [1.807, 2.05) is 43.3 Å². The van der Waals surface area contributed by atoms with Crippen molar-refractivity contribution in [2.75, 3.05) is 19.0 Å². The molecule has 0 amide bonds. The summed E-state index contributed by atoms with van der Waals surface area (Å²) >= 11 is 0. The molecule has 0 bridgehead atoms. The van der Waals surface area contributed by atoms with E-state index in [4.69, 9.17) is 4.18 Å². The molecule has 0 aliphatic carbocycles. The molecule has 0 aromatic heterocycles. The van der Waals surface area contributed by atoms with Crippen molar-refractivity contribution in [3.63, 3.8) is 0 Å². The minimum Gasteiger partial charge on any atom is -0.378 e. The number of benzene rings is 2. The van der Waals surface area contributed by atoms with Gasteiger partial charge in [-0.3, -0.25) is 0 Å². The zero-order chi connectivity index (χ0) is 15.9. The highest BCUT2D eigenvalue weighted by molar-refractivity contribution is 7.85. The first-order valence-corrected chi connectivity index (χ1v) is 8.06. The average Bonchev–Trinajstić information content (AvgIpc) is 2.46. The maximum Gasteiger partial charge on any atom is 0.382 e. The predicted molar refractivity (Wildman–Crippen MR) is 82.6 cm³/mol. The predicted octanol–water partition coefficient (Wildman–Crippen LogP) is 2.29. The van der Waals surface area contributed by atoms with Crippen LogP contribution >= 0.6 is 0 Å². The van der Waals surface area contributed by atoms with Gasteiger partial charge in [0.1, 0.15) is 5.82 Å². The summed E-state index contributed by atoms with van der Waals surface area (Å²) in [5.41, 5.74) is 2.58. The van der Waals surface area contributed by atoms with Gasteiger partial charge < -0.3 is 9.08 Å². The second-order valence-electron chi connectivity index (χ2n) is 5.24. The van der Waals surface area contributed by atoms with E-state index >= 15 is 0 Å². The molecule has 0 atom stereocenters. The third-order valence-corrected chi connectivity index (χ3v) is 4.34. The Morgan fingerprint density at radius 2 is 1.86 bits per heavy atom. The van der Waals surface area contributed by atoms with E-state index in [9.17, 15) is 12.8 Å². The topological polar surface area (TPSA) is 58.6 Å². The van der Waals surface area contributed by atoms with Crippen molar-refractivity contribution in [1.82, 2.24) is 4.72 Å². The lowest BCUT2D eigenvalue weighted by Gasteiger charge is -2.21. The number of nitrogens with one attached hydrogen (secondary N) is 1. The van der Waals surface area contributed by atoms with Crippen LogP contribution < -0.4 is 13.8 Å². The highest BCUT2D eigenvalue weighted by Crippen LogP contribution is 2.37. The number of anilines is 1. The minimum absolute atomic E-state index is 0.0121. The molecule has 2 aromatic carbocycles. The zero-order valence-corrected chi connectivity index (χ0v) is 12.9. The normalized spacial score (nSPS) is 15.8. The van der Waals surface area contributed by atoms with Gasteiger partial charge in [0.05, 0.1) is 0 Å². The molecule has 2 aromatic rings. The Kier molecular flexibility index (Phi) is 3.54. The summed E-state index contributed by atoms with van der Waals surface area (Å²) in [5, 5.41) is 0. The first kappa shape index (κ1) is 14.8. The summed E-state index contributed by atoms with van der Waals surface area (Å²) in [5.74, 6) is -0.257. The second-order valence-corrected chi connectivity index (χ2v) is 6.61. The van der Waals surface area contributed by atoms with Crippen LogP contribution in [0.1, 0.15) is 5.56 Å². The number of halogens is 1. The van der Waals surface area contributed by atoms with Crippen molar-refractivity contribution in [2.45, 2.75) is 6.54 Å². The largest absolute Gasteiger partial charge is 0.382 e. The van der Waals surface area contributed by atoms with Crippen LogP contribution in [0.2, 0.25) is 0 Å². The molecule has 0 saturated carbocycles. The molecule has 22 heavy (non-hydrogen) atoms. The maximum atomic E-state index is 13.8. The van der Waals surface area contributed by atoms with Crippen molar-refractivity contribution in [2.24, 2.45) is 0 Å². The van der Waals surface area contributed by atoms with E-state index < -0.39 is 16.1 Å². The molecule has 1 heterocycles. The third-order valence-electron chi connectivity index (χ3n) is 3.46. The van der Waals surface area contributed by atoms with Gasteiger partial charge in [-0.05, 0) is 29.8 Å². The van der Waals surface area contributed by atoms with Gasteiger partial charge in [0.15, 0.2) is 5.75 Å². The van der Waals surface area contributed by atoms with Crippen molar-refractivity contribution >= 4 is 16.0 Å². The van der Waals surface area contributed by atoms with E-state index in [-0.39, 0.29) is 12.3 Å². The lowest BCUT2D eigenvalue weighted by molar-refractivity contribution is 0.452. The quantitative estimate of drug-likeness (QED) is 0.921. The lowest BCUT2D eigenvalue weighted by Crippen LogP contribution is -2.32. The van der Waals surface area contributed by atoms with E-state index in [2.05, 4.69) is 4.72 Å². The molecule has 1 N–H and O–H groups in total. The van der Waals surface area contributed by atoms with Crippen LogP contribution in [0, 0.1) is 5.82 Å². The Labute approximate surface area is 128 Å². The molecule has 1 aliphatic rings. The summed E-state index contributed by atoms with van der Waals surface area (Å²) in [7, 11) is -0.00763. The van der Waals surface area contributed by atoms with E-state index in [1.165, 1.54) is 12.1 Å². The van der Waals surface area contributed by atoms with Gasteiger partial charge in [-0.15, -0.1) is 0 Å². The smallest absolute Gasteiger partial charge is 0.378 e. The average molecular weight is 322 g/mol. The highest BCUT2D eigenvalue weighted by Gasteiger charge is 2.26. The Balaban J connectivity index is 2.12. The fourth-order valence-electron chi connectivity index (χ4n) is 2.34. The summed E-state index contributed by atoms with van der Waals surface area (Å²) in [6.45, 7) is 0.0121.